The van der Waals surface area contributed by atoms with Crippen LogP contribution in [-0.2, 0) is 0 Å². The highest BCUT2D eigenvalue weighted by atomic mass is 32.1. The van der Waals surface area contributed by atoms with Crippen molar-refractivity contribution in [2.45, 2.75) is 0 Å². The van der Waals surface area contributed by atoms with Crippen LogP contribution in [0.3, 0.4) is 0 Å². The Balaban J connectivity index is 2.39. The molecule has 0 unspecified atom stereocenters. The quantitative estimate of drug-likeness (QED) is 0.580. The van der Waals surface area contributed by atoms with Crippen molar-refractivity contribution in [1.82, 2.24) is 4.98 Å². The molecule has 0 saturated carbocycles. The summed E-state index contributed by atoms with van der Waals surface area (Å²) in [6, 6.07) is 9.86. The van der Waals surface area contributed by atoms with Crippen molar-refractivity contribution in [1.29, 1.82) is 5.41 Å². The van der Waals surface area contributed by atoms with Gasteiger partial charge in [-0.3, -0.25) is 5.41 Å². The molecule has 0 amide bonds. The van der Waals surface area contributed by atoms with E-state index in [4.69, 9.17) is 11.1 Å². The summed E-state index contributed by atoms with van der Waals surface area (Å²) in [4.78, 5) is 4.92. The fraction of sp³-hybridized carbons (Fsp3) is 0. The minimum absolute atomic E-state index is 0.0738. The van der Waals surface area contributed by atoms with Gasteiger partial charge in [-0.1, -0.05) is 30.3 Å². The lowest BCUT2D eigenvalue weighted by atomic mass is 10.2. The van der Waals surface area contributed by atoms with Crippen LogP contribution in [0.4, 0.5) is 0 Å². The summed E-state index contributed by atoms with van der Waals surface area (Å²) in [6.45, 7) is 0. The minimum atomic E-state index is 0.0738. The van der Waals surface area contributed by atoms with E-state index in [1.54, 1.807) is 6.20 Å². The molecule has 0 radical (unpaired) electrons. The molecule has 2 aromatic rings. The van der Waals surface area contributed by atoms with E-state index in [9.17, 15) is 0 Å². The Morgan fingerprint density at radius 2 is 2.00 bits per heavy atom. The standard InChI is InChI=1S/C10H9N3S/c11-9(12)8-6-13-10(14-8)7-4-2-1-3-5-7/h1-6H,(H3,11,12). The molecule has 0 aliphatic rings. The first-order valence-electron chi connectivity index (χ1n) is 4.13. The van der Waals surface area contributed by atoms with Gasteiger partial charge in [-0.2, -0.15) is 0 Å². The van der Waals surface area contributed by atoms with Crippen molar-refractivity contribution in [2.24, 2.45) is 5.73 Å². The van der Waals surface area contributed by atoms with Crippen LogP contribution in [0.5, 0.6) is 0 Å². The topological polar surface area (TPSA) is 62.8 Å². The van der Waals surface area contributed by atoms with E-state index >= 15 is 0 Å². The van der Waals surface area contributed by atoms with Gasteiger partial charge < -0.3 is 5.73 Å². The van der Waals surface area contributed by atoms with Crippen LogP contribution >= 0.6 is 11.3 Å². The molecule has 1 aromatic heterocycles. The zero-order valence-electron chi connectivity index (χ0n) is 7.40. The zero-order valence-corrected chi connectivity index (χ0v) is 8.21. The molecule has 0 bridgehead atoms. The van der Waals surface area contributed by atoms with Gasteiger partial charge in [0.05, 0.1) is 4.88 Å². The summed E-state index contributed by atoms with van der Waals surface area (Å²) < 4.78 is 0. The van der Waals surface area contributed by atoms with Gasteiger partial charge in [0.25, 0.3) is 0 Å². The van der Waals surface area contributed by atoms with Crippen LogP contribution < -0.4 is 5.73 Å². The van der Waals surface area contributed by atoms with Gasteiger partial charge in [-0.05, 0) is 0 Å². The van der Waals surface area contributed by atoms with Gasteiger partial charge in [0.1, 0.15) is 10.8 Å². The maximum atomic E-state index is 7.26. The molecule has 2 rings (SSSR count). The van der Waals surface area contributed by atoms with Gasteiger partial charge in [0.2, 0.25) is 0 Å². The Morgan fingerprint density at radius 1 is 1.29 bits per heavy atom. The Morgan fingerprint density at radius 3 is 2.57 bits per heavy atom. The minimum Gasteiger partial charge on any atom is -0.383 e. The lowest BCUT2D eigenvalue weighted by Crippen LogP contribution is -2.08. The number of hydrogen-bond acceptors (Lipinski definition) is 3. The molecule has 0 aliphatic carbocycles. The fourth-order valence-corrected chi connectivity index (χ4v) is 1.90. The lowest BCUT2D eigenvalue weighted by molar-refractivity contribution is 1.39. The fourth-order valence-electron chi connectivity index (χ4n) is 1.11. The largest absolute Gasteiger partial charge is 0.383 e. The molecule has 0 atom stereocenters. The van der Waals surface area contributed by atoms with Crippen LogP contribution in [-0.4, -0.2) is 10.8 Å². The van der Waals surface area contributed by atoms with Crippen molar-refractivity contribution in [3.8, 4) is 10.6 Å². The normalized spacial score (nSPS) is 10.0. The van der Waals surface area contributed by atoms with Gasteiger partial charge in [0, 0.05) is 11.8 Å². The van der Waals surface area contributed by atoms with Gasteiger partial charge >= 0.3 is 0 Å². The molecule has 70 valence electrons. The maximum Gasteiger partial charge on any atom is 0.134 e. The van der Waals surface area contributed by atoms with Crippen molar-refractivity contribution in [3.05, 3.63) is 41.4 Å². The number of amidine groups is 1. The first kappa shape index (κ1) is 8.90. The van der Waals surface area contributed by atoms with Crippen LogP contribution in [0, 0.1) is 5.41 Å². The second-order valence-corrected chi connectivity index (χ2v) is 3.84. The number of benzene rings is 1. The Labute approximate surface area is 85.7 Å². The summed E-state index contributed by atoms with van der Waals surface area (Å²) in [7, 11) is 0. The molecule has 0 fully saturated rings. The second kappa shape index (κ2) is 3.59. The van der Waals surface area contributed by atoms with E-state index in [0.717, 1.165) is 10.6 Å². The highest BCUT2D eigenvalue weighted by Crippen LogP contribution is 2.24. The van der Waals surface area contributed by atoms with Crippen LogP contribution in [0.1, 0.15) is 4.88 Å². The number of rotatable bonds is 2. The average molecular weight is 203 g/mol. The van der Waals surface area contributed by atoms with Gasteiger partial charge in [-0.25, -0.2) is 4.98 Å². The first-order chi connectivity index (χ1) is 6.77. The lowest BCUT2D eigenvalue weighted by Gasteiger charge is -1.92. The van der Waals surface area contributed by atoms with E-state index < -0.39 is 0 Å². The number of hydrogen-bond donors (Lipinski definition) is 2. The second-order valence-electron chi connectivity index (χ2n) is 2.81. The number of nitrogen functional groups attached to an aromatic ring is 1. The molecular formula is C10H9N3S. The maximum absolute atomic E-state index is 7.26. The van der Waals surface area contributed by atoms with E-state index in [0.29, 0.717) is 4.88 Å². The summed E-state index contributed by atoms with van der Waals surface area (Å²) in [5, 5.41) is 8.16. The van der Waals surface area contributed by atoms with E-state index in [-0.39, 0.29) is 5.84 Å². The number of nitrogens with two attached hydrogens (primary N) is 1. The molecule has 3 nitrogen and oxygen atoms in total. The predicted octanol–water partition coefficient (Wildman–Crippen LogP) is 2.09. The van der Waals surface area contributed by atoms with Crippen LogP contribution in [0.25, 0.3) is 10.6 Å². The van der Waals surface area contributed by atoms with Gasteiger partial charge in [0.15, 0.2) is 0 Å². The molecule has 14 heavy (non-hydrogen) atoms. The average Bonchev–Trinajstić information content (AvgIpc) is 2.68. The molecule has 0 aliphatic heterocycles. The van der Waals surface area contributed by atoms with E-state index in [1.807, 2.05) is 30.3 Å². The summed E-state index contributed by atoms with van der Waals surface area (Å²) in [5.41, 5.74) is 6.42. The van der Waals surface area contributed by atoms with Gasteiger partial charge in [-0.15, -0.1) is 11.3 Å². The predicted molar refractivity (Wildman–Crippen MR) is 58.6 cm³/mol. The highest BCUT2D eigenvalue weighted by molar-refractivity contribution is 7.16. The summed E-state index contributed by atoms with van der Waals surface area (Å²) >= 11 is 1.43. The Bertz CT molecular complexity index is 447. The summed E-state index contributed by atoms with van der Waals surface area (Å²) in [6.07, 6.45) is 1.63. The van der Waals surface area contributed by atoms with Crippen molar-refractivity contribution < 1.29 is 0 Å². The third kappa shape index (κ3) is 1.65. The molecular weight excluding hydrogens is 194 g/mol. The van der Waals surface area contributed by atoms with Crippen LogP contribution in [0.15, 0.2) is 36.5 Å². The third-order valence-corrected chi connectivity index (χ3v) is 2.87. The highest BCUT2D eigenvalue weighted by Gasteiger charge is 2.05. The van der Waals surface area contributed by atoms with Crippen molar-refractivity contribution >= 4 is 17.2 Å². The van der Waals surface area contributed by atoms with E-state index in [1.165, 1.54) is 11.3 Å². The molecule has 1 aromatic carbocycles. The third-order valence-electron chi connectivity index (χ3n) is 1.79. The molecule has 1 heterocycles. The Kier molecular flexibility index (Phi) is 2.28. The smallest absolute Gasteiger partial charge is 0.134 e. The molecule has 0 spiro atoms. The number of thiazole rings is 1. The molecule has 3 N–H and O–H groups in total. The number of aromatic nitrogens is 1. The SMILES string of the molecule is N=C(N)c1cnc(-c2ccccc2)s1. The van der Waals surface area contributed by atoms with Crippen molar-refractivity contribution in [2.75, 3.05) is 0 Å². The monoisotopic (exact) mass is 203 g/mol. The zero-order chi connectivity index (χ0) is 9.97. The summed E-state index contributed by atoms with van der Waals surface area (Å²) in [5.74, 6) is 0.0738. The first-order valence-corrected chi connectivity index (χ1v) is 4.94. The number of nitrogens with zero attached hydrogens (tertiary/aromatic N) is 1. The Hall–Kier alpha value is -1.68. The van der Waals surface area contributed by atoms with Crippen molar-refractivity contribution in [3.63, 3.8) is 0 Å². The molecule has 0 saturated heterocycles. The molecule has 4 heteroatoms. The number of nitrogens with one attached hydrogen (secondary N) is 1. The van der Waals surface area contributed by atoms with E-state index in [2.05, 4.69) is 4.98 Å². The van der Waals surface area contributed by atoms with Crippen LogP contribution in [0.2, 0.25) is 0 Å².